The Bertz CT molecular complexity index is 775. The van der Waals surface area contributed by atoms with Gasteiger partial charge in [-0.1, -0.05) is 34.5 Å². The quantitative estimate of drug-likeness (QED) is 0.816. The van der Waals surface area contributed by atoms with Gasteiger partial charge in [-0.2, -0.15) is 0 Å². The lowest BCUT2D eigenvalue weighted by Gasteiger charge is -2.03. The van der Waals surface area contributed by atoms with Crippen molar-refractivity contribution < 1.29 is 13.2 Å². The molecule has 7 nitrogen and oxygen atoms in total. The Hall–Kier alpha value is -1.26. The normalized spacial score (nSPS) is 11.3. The minimum Gasteiger partial charge on any atom is -0.296 e. The van der Waals surface area contributed by atoms with Gasteiger partial charge in [-0.3, -0.25) is 10.1 Å². The van der Waals surface area contributed by atoms with E-state index in [1.807, 2.05) is 0 Å². The molecule has 0 aliphatic heterocycles. The number of halogens is 2. The second kappa shape index (κ2) is 5.62. The molecule has 1 heterocycles. The third-order valence-corrected chi connectivity index (χ3v) is 4.74. The SMILES string of the molecule is NS(=O)(=O)c1nnc(NC(=O)c2ccc(Cl)cc2Cl)s1. The van der Waals surface area contributed by atoms with Crippen molar-refractivity contribution in [2.24, 2.45) is 5.14 Å². The van der Waals surface area contributed by atoms with Gasteiger partial charge in [-0.05, 0) is 18.2 Å². The van der Waals surface area contributed by atoms with Crippen LogP contribution in [0.2, 0.25) is 10.0 Å². The lowest BCUT2D eigenvalue weighted by Crippen LogP contribution is -2.12. The molecule has 0 aliphatic carbocycles. The Morgan fingerprint density at radius 3 is 2.55 bits per heavy atom. The van der Waals surface area contributed by atoms with Gasteiger partial charge in [-0.25, -0.2) is 13.6 Å². The number of nitrogens with two attached hydrogens (primary N) is 1. The summed E-state index contributed by atoms with van der Waals surface area (Å²) in [6.45, 7) is 0. The molecule has 0 aliphatic rings. The average molecular weight is 353 g/mol. The number of primary sulfonamides is 1. The lowest BCUT2D eigenvalue weighted by atomic mass is 10.2. The minimum absolute atomic E-state index is 0.00922. The van der Waals surface area contributed by atoms with Crippen molar-refractivity contribution in [1.29, 1.82) is 0 Å². The number of sulfonamides is 1. The molecule has 0 unspecified atom stereocenters. The number of carbonyl (C=O) groups excluding carboxylic acids is 1. The predicted octanol–water partition coefficient (Wildman–Crippen LogP) is 1.74. The number of nitrogens with zero attached hydrogens (tertiary/aromatic N) is 2. The molecule has 0 fully saturated rings. The highest BCUT2D eigenvalue weighted by Gasteiger charge is 2.18. The number of hydrogen-bond donors (Lipinski definition) is 2. The molecule has 3 N–H and O–H groups in total. The van der Waals surface area contributed by atoms with Crippen molar-refractivity contribution in [3.63, 3.8) is 0 Å². The summed E-state index contributed by atoms with van der Waals surface area (Å²) in [6, 6.07) is 4.34. The molecule has 0 saturated heterocycles. The number of nitrogens with one attached hydrogen (secondary N) is 1. The third-order valence-electron chi connectivity index (χ3n) is 2.05. The zero-order valence-electron chi connectivity index (χ0n) is 9.50. The number of amides is 1. The molecular weight excluding hydrogens is 347 g/mol. The van der Waals surface area contributed by atoms with Gasteiger partial charge < -0.3 is 0 Å². The number of anilines is 1. The summed E-state index contributed by atoms with van der Waals surface area (Å²) in [6.07, 6.45) is 0. The summed E-state index contributed by atoms with van der Waals surface area (Å²) in [4.78, 5) is 11.9. The summed E-state index contributed by atoms with van der Waals surface area (Å²) in [7, 11) is -3.95. The van der Waals surface area contributed by atoms with Crippen LogP contribution < -0.4 is 10.5 Å². The number of carbonyl (C=O) groups is 1. The lowest BCUT2D eigenvalue weighted by molar-refractivity contribution is 0.102. The Morgan fingerprint density at radius 1 is 1.30 bits per heavy atom. The fourth-order valence-electron chi connectivity index (χ4n) is 1.21. The first-order valence-electron chi connectivity index (χ1n) is 4.90. The van der Waals surface area contributed by atoms with Gasteiger partial charge >= 0.3 is 0 Å². The van der Waals surface area contributed by atoms with Gasteiger partial charge in [0.1, 0.15) is 0 Å². The maximum absolute atomic E-state index is 11.9. The molecule has 0 atom stereocenters. The van der Waals surface area contributed by atoms with Crippen LogP contribution in [0.1, 0.15) is 10.4 Å². The molecule has 106 valence electrons. The fraction of sp³-hybridized carbons (Fsp3) is 0. The van der Waals surface area contributed by atoms with Crippen molar-refractivity contribution in [1.82, 2.24) is 10.2 Å². The molecule has 20 heavy (non-hydrogen) atoms. The van der Waals surface area contributed by atoms with E-state index < -0.39 is 20.3 Å². The second-order valence-electron chi connectivity index (χ2n) is 3.50. The van der Waals surface area contributed by atoms with Crippen LogP contribution in [0.5, 0.6) is 0 Å². The van der Waals surface area contributed by atoms with Crippen LogP contribution in [0.3, 0.4) is 0 Å². The zero-order valence-corrected chi connectivity index (χ0v) is 12.6. The van der Waals surface area contributed by atoms with Crippen LogP contribution in [-0.4, -0.2) is 24.5 Å². The van der Waals surface area contributed by atoms with E-state index in [0.717, 1.165) is 0 Å². The van der Waals surface area contributed by atoms with E-state index >= 15 is 0 Å². The second-order valence-corrected chi connectivity index (χ2v) is 7.05. The van der Waals surface area contributed by atoms with Crippen molar-refractivity contribution >= 4 is 55.6 Å². The first-order valence-corrected chi connectivity index (χ1v) is 8.02. The highest BCUT2D eigenvalue weighted by Crippen LogP contribution is 2.23. The molecular formula is C9H6Cl2N4O3S2. The Balaban J connectivity index is 2.22. The summed E-state index contributed by atoms with van der Waals surface area (Å²) >= 11 is 12.2. The van der Waals surface area contributed by atoms with E-state index in [-0.39, 0.29) is 15.7 Å². The van der Waals surface area contributed by atoms with Gasteiger partial charge in [0, 0.05) is 5.02 Å². The maximum Gasteiger partial charge on any atom is 0.267 e. The largest absolute Gasteiger partial charge is 0.296 e. The minimum atomic E-state index is -3.95. The van der Waals surface area contributed by atoms with Crippen LogP contribution in [0, 0.1) is 0 Å². The van der Waals surface area contributed by atoms with E-state index in [0.29, 0.717) is 16.4 Å². The third kappa shape index (κ3) is 3.44. The van der Waals surface area contributed by atoms with Crippen LogP contribution in [0.4, 0.5) is 5.13 Å². The monoisotopic (exact) mass is 352 g/mol. The van der Waals surface area contributed by atoms with Crippen molar-refractivity contribution in [2.45, 2.75) is 4.34 Å². The topological polar surface area (TPSA) is 115 Å². The van der Waals surface area contributed by atoms with Gasteiger partial charge in [-0.15, -0.1) is 10.2 Å². The average Bonchev–Trinajstić information content (AvgIpc) is 2.76. The fourth-order valence-corrected chi connectivity index (χ4v) is 3.04. The van der Waals surface area contributed by atoms with Crippen LogP contribution in [0.25, 0.3) is 0 Å². The Labute approximate surface area is 127 Å². The number of aromatic nitrogens is 2. The summed E-state index contributed by atoms with van der Waals surface area (Å²) < 4.78 is 21.7. The highest BCUT2D eigenvalue weighted by molar-refractivity contribution is 7.91. The smallest absolute Gasteiger partial charge is 0.267 e. The maximum atomic E-state index is 11.9. The van der Waals surface area contributed by atoms with Gasteiger partial charge in [0.2, 0.25) is 9.47 Å². The van der Waals surface area contributed by atoms with Gasteiger partial charge in [0.05, 0.1) is 10.6 Å². The van der Waals surface area contributed by atoms with E-state index in [1.54, 1.807) is 0 Å². The molecule has 2 aromatic rings. The first-order chi connectivity index (χ1) is 9.27. The van der Waals surface area contributed by atoms with Gasteiger partial charge in [0.25, 0.3) is 15.9 Å². The van der Waals surface area contributed by atoms with E-state index in [4.69, 9.17) is 28.3 Å². The van der Waals surface area contributed by atoms with Gasteiger partial charge in [0.15, 0.2) is 0 Å². The van der Waals surface area contributed by atoms with Crippen molar-refractivity contribution in [3.8, 4) is 0 Å². The van der Waals surface area contributed by atoms with Crippen molar-refractivity contribution in [2.75, 3.05) is 5.32 Å². The highest BCUT2D eigenvalue weighted by atomic mass is 35.5. The number of benzene rings is 1. The number of hydrogen-bond acceptors (Lipinski definition) is 6. The standard InChI is InChI=1S/C9H6Cl2N4O3S2/c10-4-1-2-5(6(11)3-4)7(16)13-8-14-15-9(19-8)20(12,17)18/h1-3H,(H2,12,17,18)(H,13,14,16). The van der Waals surface area contributed by atoms with E-state index in [9.17, 15) is 13.2 Å². The Morgan fingerprint density at radius 2 is 2.00 bits per heavy atom. The zero-order chi connectivity index (χ0) is 14.9. The Kier molecular flexibility index (Phi) is 4.25. The molecule has 0 spiro atoms. The number of rotatable bonds is 3. The molecule has 1 amide bonds. The van der Waals surface area contributed by atoms with Crippen LogP contribution >= 0.6 is 34.5 Å². The molecule has 1 aromatic carbocycles. The summed E-state index contributed by atoms with van der Waals surface area (Å²) in [5.74, 6) is -0.566. The van der Waals surface area contributed by atoms with Crippen LogP contribution in [-0.2, 0) is 10.0 Å². The van der Waals surface area contributed by atoms with Crippen LogP contribution in [0.15, 0.2) is 22.5 Å². The molecule has 2 rings (SSSR count). The summed E-state index contributed by atoms with van der Waals surface area (Å²) in [5.41, 5.74) is 0.170. The van der Waals surface area contributed by atoms with Crippen molar-refractivity contribution in [3.05, 3.63) is 33.8 Å². The predicted molar refractivity (Wildman–Crippen MR) is 75.7 cm³/mol. The summed E-state index contributed by atoms with van der Waals surface area (Å²) in [5, 5.41) is 14.7. The molecule has 0 bridgehead atoms. The molecule has 11 heteroatoms. The van der Waals surface area contributed by atoms with E-state index in [1.165, 1.54) is 18.2 Å². The first kappa shape index (κ1) is 15.1. The molecule has 0 radical (unpaired) electrons. The molecule has 0 saturated carbocycles. The molecule has 1 aromatic heterocycles. The van der Waals surface area contributed by atoms with E-state index in [2.05, 4.69) is 15.5 Å².